The van der Waals surface area contributed by atoms with Crippen LogP contribution in [0.5, 0.6) is 0 Å². The first kappa shape index (κ1) is 20.3. The molecule has 2 aromatic carbocycles. The molecule has 0 aliphatic heterocycles. The van der Waals surface area contributed by atoms with Gasteiger partial charge in [0.25, 0.3) is 0 Å². The van der Waals surface area contributed by atoms with Gasteiger partial charge in [-0.25, -0.2) is 9.59 Å². The maximum Gasteiger partial charge on any atom is 0.341 e. The number of nitrogens with one attached hydrogen (secondary N) is 1. The molecule has 1 heterocycles. The van der Waals surface area contributed by atoms with Crippen molar-refractivity contribution in [2.24, 2.45) is 0 Å². The summed E-state index contributed by atoms with van der Waals surface area (Å²) in [6, 6.07) is 12.9. The van der Waals surface area contributed by atoms with E-state index in [-0.39, 0.29) is 6.61 Å². The summed E-state index contributed by atoms with van der Waals surface area (Å²) >= 11 is 0. The van der Waals surface area contributed by atoms with Crippen molar-refractivity contribution >= 4 is 34.2 Å². The van der Waals surface area contributed by atoms with Crippen LogP contribution in [0.3, 0.4) is 0 Å². The second-order valence-electron chi connectivity index (χ2n) is 6.36. The summed E-state index contributed by atoms with van der Waals surface area (Å²) in [5, 5.41) is 4.11. The lowest BCUT2D eigenvalue weighted by molar-refractivity contribution is 0.0517. The zero-order valence-electron chi connectivity index (χ0n) is 16.8. The minimum atomic E-state index is -0.451. The smallest absolute Gasteiger partial charge is 0.341 e. The zero-order chi connectivity index (χ0) is 20.8. The van der Waals surface area contributed by atoms with Crippen LogP contribution in [0.4, 0.5) is 11.4 Å². The average molecular weight is 392 g/mol. The molecule has 0 aliphatic rings. The molecule has 0 fully saturated rings. The van der Waals surface area contributed by atoms with Gasteiger partial charge in [-0.15, -0.1) is 0 Å². The fraction of sp³-hybridized carbons (Fsp3) is 0.261. The molecular formula is C23H24N2O4. The molecule has 1 N–H and O–H groups in total. The van der Waals surface area contributed by atoms with E-state index in [2.05, 4.69) is 17.2 Å². The quantitative estimate of drug-likeness (QED) is 0.577. The number of ether oxygens (including phenoxy) is 2. The normalized spacial score (nSPS) is 10.6. The lowest BCUT2D eigenvalue weighted by Crippen LogP contribution is -2.10. The van der Waals surface area contributed by atoms with Gasteiger partial charge in [-0.1, -0.05) is 31.2 Å². The molecule has 0 aliphatic carbocycles. The Morgan fingerprint density at radius 1 is 0.966 bits per heavy atom. The first-order chi connectivity index (χ1) is 14.1. The molecule has 0 amide bonds. The van der Waals surface area contributed by atoms with Crippen molar-refractivity contribution in [3.05, 3.63) is 65.4 Å². The highest BCUT2D eigenvalue weighted by molar-refractivity contribution is 6.06. The lowest BCUT2D eigenvalue weighted by atomic mass is 10.0. The van der Waals surface area contributed by atoms with E-state index in [1.165, 1.54) is 6.20 Å². The van der Waals surface area contributed by atoms with E-state index < -0.39 is 11.9 Å². The molecule has 0 unspecified atom stereocenters. The topological polar surface area (TPSA) is 77.5 Å². The van der Waals surface area contributed by atoms with Crippen LogP contribution in [-0.2, 0) is 15.9 Å². The number of anilines is 2. The number of nitrogens with zero attached hydrogens (tertiary/aromatic N) is 1. The molecule has 0 saturated carbocycles. The minimum absolute atomic E-state index is 0.268. The second-order valence-corrected chi connectivity index (χ2v) is 6.36. The van der Waals surface area contributed by atoms with Gasteiger partial charge in [-0.3, -0.25) is 4.98 Å². The number of para-hydroxylation sites is 1. The number of esters is 2. The molecule has 0 spiro atoms. The van der Waals surface area contributed by atoms with Crippen LogP contribution in [0.2, 0.25) is 0 Å². The first-order valence-electron chi connectivity index (χ1n) is 9.70. The molecule has 6 nitrogen and oxygen atoms in total. The van der Waals surface area contributed by atoms with Crippen LogP contribution in [0.15, 0.2) is 48.7 Å². The summed E-state index contributed by atoms with van der Waals surface area (Å²) in [6.45, 7) is 6.16. The monoisotopic (exact) mass is 392 g/mol. The van der Waals surface area contributed by atoms with Crippen LogP contribution >= 0.6 is 0 Å². The number of benzene rings is 2. The molecule has 6 heteroatoms. The number of fused-ring (bicyclic) bond motifs is 1. The third kappa shape index (κ3) is 4.37. The Balaban J connectivity index is 2.11. The van der Waals surface area contributed by atoms with E-state index >= 15 is 0 Å². The van der Waals surface area contributed by atoms with Crippen molar-refractivity contribution in [1.29, 1.82) is 0 Å². The Kier molecular flexibility index (Phi) is 6.44. The molecule has 150 valence electrons. The number of hydrogen-bond donors (Lipinski definition) is 1. The fourth-order valence-corrected chi connectivity index (χ4v) is 3.15. The highest BCUT2D eigenvalue weighted by Gasteiger charge is 2.18. The Bertz CT molecular complexity index is 1050. The summed E-state index contributed by atoms with van der Waals surface area (Å²) < 4.78 is 10.3. The maximum absolute atomic E-state index is 12.5. The van der Waals surface area contributed by atoms with E-state index in [1.807, 2.05) is 24.3 Å². The van der Waals surface area contributed by atoms with Crippen molar-refractivity contribution < 1.29 is 19.1 Å². The molecule has 0 radical (unpaired) electrons. The molecule has 0 bridgehead atoms. The molecule has 29 heavy (non-hydrogen) atoms. The first-order valence-corrected chi connectivity index (χ1v) is 9.70. The van der Waals surface area contributed by atoms with E-state index in [0.717, 1.165) is 22.9 Å². The van der Waals surface area contributed by atoms with Gasteiger partial charge < -0.3 is 14.8 Å². The van der Waals surface area contributed by atoms with Gasteiger partial charge in [0, 0.05) is 17.3 Å². The van der Waals surface area contributed by atoms with E-state index in [4.69, 9.17) is 9.47 Å². The summed E-state index contributed by atoms with van der Waals surface area (Å²) in [5.41, 5.74) is 3.95. The number of pyridine rings is 1. The van der Waals surface area contributed by atoms with Gasteiger partial charge in [-0.2, -0.15) is 0 Å². The predicted molar refractivity (Wildman–Crippen MR) is 113 cm³/mol. The summed E-state index contributed by atoms with van der Waals surface area (Å²) in [4.78, 5) is 29.1. The van der Waals surface area contributed by atoms with Gasteiger partial charge in [0.1, 0.15) is 5.56 Å². The van der Waals surface area contributed by atoms with Crippen molar-refractivity contribution in [3.8, 4) is 0 Å². The highest BCUT2D eigenvalue weighted by atomic mass is 16.5. The summed E-state index contributed by atoms with van der Waals surface area (Å²) in [5.74, 6) is -0.845. The summed E-state index contributed by atoms with van der Waals surface area (Å²) in [7, 11) is 0. The van der Waals surface area contributed by atoms with Crippen molar-refractivity contribution in [1.82, 2.24) is 4.98 Å². The Morgan fingerprint density at radius 2 is 1.69 bits per heavy atom. The molecule has 0 saturated heterocycles. The van der Waals surface area contributed by atoms with Gasteiger partial charge >= 0.3 is 11.9 Å². The number of aromatic nitrogens is 1. The number of hydrogen-bond acceptors (Lipinski definition) is 6. The average Bonchev–Trinajstić information content (AvgIpc) is 2.74. The highest BCUT2D eigenvalue weighted by Crippen LogP contribution is 2.31. The number of aryl methyl sites for hydroxylation is 1. The number of rotatable bonds is 7. The van der Waals surface area contributed by atoms with Crippen LogP contribution in [0.1, 0.15) is 47.1 Å². The Hall–Kier alpha value is -3.41. The maximum atomic E-state index is 12.5. The van der Waals surface area contributed by atoms with Crippen molar-refractivity contribution in [2.75, 3.05) is 18.5 Å². The van der Waals surface area contributed by atoms with Gasteiger partial charge in [0.05, 0.1) is 30.0 Å². The van der Waals surface area contributed by atoms with Gasteiger partial charge in [0.2, 0.25) is 0 Å². The second kappa shape index (κ2) is 9.19. The SMILES string of the molecule is CCOC(=O)c1cccc(Nc2c(C(=O)OCC)cnc3c(CC)cccc23)c1. The Morgan fingerprint density at radius 3 is 2.41 bits per heavy atom. The van der Waals surface area contributed by atoms with Gasteiger partial charge in [-0.05, 0) is 44.0 Å². The minimum Gasteiger partial charge on any atom is -0.462 e. The van der Waals surface area contributed by atoms with Crippen molar-refractivity contribution in [2.45, 2.75) is 27.2 Å². The largest absolute Gasteiger partial charge is 0.462 e. The van der Waals surface area contributed by atoms with E-state index in [1.54, 1.807) is 32.0 Å². The lowest BCUT2D eigenvalue weighted by Gasteiger charge is -2.16. The van der Waals surface area contributed by atoms with Gasteiger partial charge in [0.15, 0.2) is 0 Å². The number of carbonyl (C=O) groups excluding carboxylic acids is 2. The molecule has 1 aromatic heterocycles. The third-order valence-electron chi connectivity index (χ3n) is 4.50. The molecular weight excluding hydrogens is 368 g/mol. The molecule has 0 atom stereocenters. The third-order valence-corrected chi connectivity index (χ3v) is 4.50. The van der Waals surface area contributed by atoms with Crippen LogP contribution in [-0.4, -0.2) is 30.1 Å². The predicted octanol–water partition coefficient (Wildman–Crippen LogP) is 4.89. The van der Waals surface area contributed by atoms with Crippen LogP contribution in [0, 0.1) is 0 Å². The summed E-state index contributed by atoms with van der Waals surface area (Å²) in [6.07, 6.45) is 2.36. The molecule has 3 aromatic rings. The van der Waals surface area contributed by atoms with E-state index in [9.17, 15) is 9.59 Å². The number of carbonyl (C=O) groups is 2. The fourth-order valence-electron chi connectivity index (χ4n) is 3.15. The van der Waals surface area contributed by atoms with Crippen LogP contribution in [0.25, 0.3) is 10.9 Å². The standard InChI is InChI=1S/C23H24N2O4/c1-4-15-9-8-12-18-20(15)24-14-19(23(27)29-6-3)21(18)25-17-11-7-10-16(13-17)22(26)28-5-2/h7-14H,4-6H2,1-3H3,(H,24,25). The van der Waals surface area contributed by atoms with E-state index in [0.29, 0.717) is 29.1 Å². The van der Waals surface area contributed by atoms with Crippen molar-refractivity contribution in [3.63, 3.8) is 0 Å². The molecule has 3 rings (SSSR count). The van der Waals surface area contributed by atoms with Crippen LogP contribution < -0.4 is 5.32 Å². The Labute approximate surface area is 169 Å². The zero-order valence-corrected chi connectivity index (χ0v) is 16.8.